The maximum absolute atomic E-state index is 12.9. The summed E-state index contributed by atoms with van der Waals surface area (Å²) < 4.78 is 62.6. The molecule has 3 aromatic carbocycles. The molecule has 0 atom stereocenters. The number of para-hydroxylation sites is 1. The first-order chi connectivity index (χ1) is 17.0. The number of hydrogen-bond acceptors (Lipinski definition) is 8. The number of anilines is 1. The molecule has 0 saturated heterocycles. The van der Waals surface area contributed by atoms with Gasteiger partial charge in [0.05, 0.1) is 31.9 Å². The van der Waals surface area contributed by atoms with Gasteiger partial charge in [-0.1, -0.05) is 29.8 Å². The molecule has 0 unspecified atom stereocenters. The molecule has 0 aliphatic rings. The van der Waals surface area contributed by atoms with E-state index in [1.165, 1.54) is 30.3 Å². The molecule has 15 heteroatoms. The Morgan fingerprint density at radius 1 is 0.919 bits per heavy atom. The fraction of sp³-hybridized carbons (Fsp3) is 0.0455. The molecule has 4 aromatic rings. The number of nitrogens with one attached hydrogen (secondary N) is 2. The van der Waals surface area contributed by atoms with Crippen LogP contribution in [0.3, 0.4) is 0 Å². The third kappa shape index (κ3) is 6.57. The van der Waals surface area contributed by atoms with Crippen molar-refractivity contribution in [3.05, 3.63) is 93.9 Å². The smallest absolute Gasteiger partial charge is 0.744 e. The van der Waals surface area contributed by atoms with Gasteiger partial charge in [-0.15, -0.1) is 5.11 Å². The molecular weight excluding hydrogens is 553 g/mol. The molecular formula is C22H17ClN5NaO6S2. The van der Waals surface area contributed by atoms with Gasteiger partial charge in [0.25, 0.3) is 15.6 Å². The van der Waals surface area contributed by atoms with Crippen LogP contribution in [-0.4, -0.2) is 31.2 Å². The topological polar surface area (TPSA) is 166 Å². The van der Waals surface area contributed by atoms with Gasteiger partial charge < -0.3 is 4.55 Å². The van der Waals surface area contributed by atoms with E-state index in [1.54, 1.807) is 37.3 Å². The summed E-state index contributed by atoms with van der Waals surface area (Å²) in [5.74, 6) is 0. The molecule has 0 amide bonds. The van der Waals surface area contributed by atoms with E-state index in [0.717, 1.165) is 16.8 Å². The van der Waals surface area contributed by atoms with Crippen LogP contribution in [0.4, 0.5) is 17.1 Å². The van der Waals surface area contributed by atoms with Gasteiger partial charge in [-0.2, -0.15) is 5.11 Å². The number of aromatic amines is 1. The number of hydrogen-bond donors (Lipinski definition) is 2. The van der Waals surface area contributed by atoms with E-state index in [2.05, 4.69) is 20.0 Å². The third-order valence-electron chi connectivity index (χ3n) is 4.93. The Labute approximate surface area is 239 Å². The van der Waals surface area contributed by atoms with E-state index in [0.29, 0.717) is 11.4 Å². The minimum atomic E-state index is -4.77. The maximum atomic E-state index is 12.9. The third-order valence-corrected chi connectivity index (χ3v) is 7.47. The molecule has 1 aromatic heterocycles. The average molecular weight is 570 g/mol. The van der Waals surface area contributed by atoms with Crippen LogP contribution in [0, 0.1) is 6.92 Å². The Bertz CT molecular complexity index is 1740. The number of azo groups is 1. The van der Waals surface area contributed by atoms with Crippen molar-refractivity contribution in [2.75, 3.05) is 4.72 Å². The zero-order valence-corrected chi connectivity index (χ0v) is 23.8. The molecule has 0 bridgehead atoms. The minimum absolute atomic E-state index is 0. The number of halogens is 1. The summed E-state index contributed by atoms with van der Waals surface area (Å²) >= 11 is 6.11. The molecule has 1 heterocycles. The van der Waals surface area contributed by atoms with Gasteiger partial charge >= 0.3 is 29.6 Å². The molecule has 186 valence electrons. The summed E-state index contributed by atoms with van der Waals surface area (Å²) in [7, 11) is -8.59. The zero-order chi connectivity index (χ0) is 26.1. The Kier molecular flexibility index (Phi) is 8.80. The summed E-state index contributed by atoms with van der Waals surface area (Å²) in [6.07, 6.45) is 0. The van der Waals surface area contributed by atoms with Crippen LogP contribution in [0.5, 0.6) is 0 Å². The molecule has 2 N–H and O–H groups in total. The van der Waals surface area contributed by atoms with Crippen molar-refractivity contribution in [1.29, 1.82) is 0 Å². The van der Waals surface area contributed by atoms with E-state index in [1.807, 2.05) is 0 Å². The van der Waals surface area contributed by atoms with E-state index in [-0.39, 0.29) is 56.5 Å². The minimum Gasteiger partial charge on any atom is -0.744 e. The number of benzene rings is 3. The first-order valence-corrected chi connectivity index (χ1v) is 13.4. The SMILES string of the molecule is Cc1[nH]n(-c2cc(S(=O)(=O)[O-])ccc2Cl)c(=O)c1N=Nc1ccc(S(=O)(=O)Nc2ccccc2)cc1.[Na+]. The van der Waals surface area contributed by atoms with Crippen molar-refractivity contribution >= 4 is 48.8 Å². The van der Waals surface area contributed by atoms with Gasteiger partial charge in [0.1, 0.15) is 10.1 Å². The predicted molar refractivity (Wildman–Crippen MR) is 132 cm³/mol. The normalized spacial score (nSPS) is 11.9. The monoisotopic (exact) mass is 569 g/mol. The fourth-order valence-corrected chi connectivity index (χ4v) is 4.92. The van der Waals surface area contributed by atoms with Crippen LogP contribution >= 0.6 is 11.6 Å². The Balaban J connectivity index is 0.00000380. The van der Waals surface area contributed by atoms with Crippen LogP contribution in [0.2, 0.25) is 5.02 Å². The predicted octanol–water partition coefficient (Wildman–Crippen LogP) is 1.25. The van der Waals surface area contributed by atoms with Crippen molar-refractivity contribution in [3.63, 3.8) is 0 Å². The molecule has 0 spiro atoms. The summed E-state index contributed by atoms with van der Waals surface area (Å²) in [4.78, 5) is 12.3. The van der Waals surface area contributed by atoms with Gasteiger partial charge in [0.15, 0.2) is 5.69 Å². The summed E-state index contributed by atoms with van der Waals surface area (Å²) in [5.41, 5.74) is 0.149. The summed E-state index contributed by atoms with van der Waals surface area (Å²) in [5, 5.41) is 10.7. The van der Waals surface area contributed by atoms with Gasteiger partial charge in [-0.3, -0.25) is 14.6 Å². The molecule has 37 heavy (non-hydrogen) atoms. The maximum Gasteiger partial charge on any atom is 1.00 e. The number of sulfonamides is 1. The van der Waals surface area contributed by atoms with E-state index >= 15 is 0 Å². The van der Waals surface area contributed by atoms with Crippen molar-refractivity contribution in [3.8, 4) is 5.69 Å². The first-order valence-electron chi connectivity index (χ1n) is 10.1. The fourth-order valence-electron chi connectivity index (χ4n) is 3.16. The Hall–Kier alpha value is -2.78. The van der Waals surface area contributed by atoms with E-state index in [4.69, 9.17) is 11.6 Å². The molecule has 11 nitrogen and oxygen atoms in total. The molecule has 0 aliphatic heterocycles. The van der Waals surface area contributed by atoms with E-state index in [9.17, 15) is 26.2 Å². The number of nitrogens with zero attached hydrogens (tertiary/aromatic N) is 3. The van der Waals surface area contributed by atoms with Gasteiger partial charge in [0.2, 0.25) is 0 Å². The first kappa shape index (κ1) is 28.8. The van der Waals surface area contributed by atoms with Gasteiger partial charge in [-0.05, 0) is 61.5 Å². The largest absolute Gasteiger partial charge is 1.00 e. The number of aryl methyl sites for hydroxylation is 1. The number of rotatable bonds is 7. The second-order valence-electron chi connectivity index (χ2n) is 7.46. The zero-order valence-electron chi connectivity index (χ0n) is 19.4. The molecule has 0 fully saturated rings. The van der Waals surface area contributed by atoms with Crippen LogP contribution in [0.15, 0.2) is 97.6 Å². The van der Waals surface area contributed by atoms with Crippen molar-refractivity contribution < 1.29 is 50.9 Å². The average Bonchev–Trinajstić information content (AvgIpc) is 3.11. The van der Waals surface area contributed by atoms with Gasteiger partial charge in [-0.25, -0.2) is 21.5 Å². The number of aromatic nitrogens is 2. The summed E-state index contributed by atoms with van der Waals surface area (Å²) in [6, 6.07) is 17.1. The Morgan fingerprint density at radius 3 is 2.16 bits per heavy atom. The van der Waals surface area contributed by atoms with Crippen LogP contribution in [0.1, 0.15) is 5.69 Å². The quantitative estimate of drug-likeness (QED) is 0.193. The second kappa shape index (κ2) is 11.3. The van der Waals surface area contributed by atoms with Crippen LogP contribution < -0.4 is 39.8 Å². The molecule has 0 radical (unpaired) electrons. The van der Waals surface area contributed by atoms with Crippen molar-refractivity contribution in [1.82, 2.24) is 9.78 Å². The summed E-state index contributed by atoms with van der Waals surface area (Å²) in [6.45, 7) is 1.54. The van der Waals surface area contributed by atoms with Crippen molar-refractivity contribution in [2.24, 2.45) is 10.2 Å². The molecule has 4 rings (SSSR count). The molecule has 0 aliphatic carbocycles. The second-order valence-corrected chi connectivity index (χ2v) is 10.9. The van der Waals surface area contributed by atoms with E-state index < -0.39 is 30.6 Å². The Morgan fingerprint density at radius 2 is 1.54 bits per heavy atom. The van der Waals surface area contributed by atoms with Gasteiger partial charge in [0, 0.05) is 5.69 Å². The molecule has 0 saturated carbocycles. The number of H-pyrrole nitrogens is 1. The van der Waals surface area contributed by atoms with Crippen LogP contribution in [-0.2, 0) is 20.1 Å². The van der Waals surface area contributed by atoms with Crippen LogP contribution in [0.25, 0.3) is 5.69 Å². The van der Waals surface area contributed by atoms with Crippen molar-refractivity contribution in [2.45, 2.75) is 16.7 Å². The standard InChI is InChI=1S/C22H18ClN5O6S2.Na/c1-14-21(22(29)28(26-14)20-13-18(36(32,33)34)11-12-19(20)23)25-24-15-7-9-17(10-8-15)35(30,31)27-16-5-3-2-4-6-16;/h2-13,26-27H,1H3,(H,32,33,34);/q;+1/p-1.